The smallest absolute Gasteiger partial charge is 0.408 e. The summed E-state index contributed by atoms with van der Waals surface area (Å²) in [4.78, 5) is 41.7. The molecule has 0 radical (unpaired) electrons. The number of aryl methyl sites for hydroxylation is 1. The number of nitrogens with zero attached hydrogens (tertiary/aromatic N) is 1. The molecule has 0 aliphatic carbocycles. The van der Waals surface area contributed by atoms with Gasteiger partial charge in [-0.2, -0.15) is 0 Å². The number of carbonyl (C=O) groups is 3. The fourth-order valence-corrected chi connectivity index (χ4v) is 7.95. The third kappa shape index (κ3) is 9.20. The van der Waals surface area contributed by atoms with Crippen molar-refractivity contribution in [2.24, 2.45) is 11.8 Å². The van der Waals surface area contributed by atoms with E-state index in [0.717, 1.165) is 12.8 Å². The van der Waals surface area contributed by atoms with E-state index in [1.807, 2.05) is 58.0 Å². The number of benzene rings is 1. The summed E-state index contributed by atoms with van der Waals surface area (Å²) in [5.74, 6) is -1.90. The second-order valence-corrected chi connectivity index (χ2v) is 15.0. The second kappa shape index (κ2) is 16.6. The molecular formula is C37H59N3O9. The third-order valence-corrected chi connectivity index (χ3v) is 10.9. The van der Waals surface area contributed by atoms with Gasteiger partial charge in [-0.15, -0.1) is 0 Å². The van der Waals surface area contributed by atoms with Gasteiger partial charge in [0, 0.05) is 25.1 Å². The highest BCUT2D eigenvalue weighted by atomic mass is 16.7. The van der Waals surface area contributed by atoms with E-state index in [9.17, 15) is 19.5 Å². The SMILES string of the molecule is CC[C@H]1OC(=O)CC(=O)[C@H](C)[C@@H](O[C@@H]2O[C@H](CCc3ccccc3)CC(N(C)C)[C@H]2O)[C@](C)(OC)C[C@@H](C)CN[C@H](C)[C@H]2NC(=O)O[C@@]21C. The number of Topliss-reactive ketones (excluding diaryl/α,β-unsaturated/α-hetero) is 1. The van der Waals surface area contributed by atoms with Crippen LogP contribution < -0.4 is 10.6 Å². The van der Waals surface area contributed by atoms with Crippen LogP contribution in [0.4, 0.5) is 4.79 Å². The number of likely N-dealkylation sites (N-methyl/N-ethyl adjacent to an activating group) is 1. The minimum absolute atomic E-state index is 0.0282. The molecule has 3 aliphatic rings. The van der Waals surface area contributed by atoms with Gasteiger partial charge in [0.15, 0.2) is 11.9 Å². The number of hydrogen-bond donors (Lipinski definition) is 3. The summed E-state index contributed by atoms with van der Waals surface area (Å²) in [5.41, 5.74) is -0.958. The molecule has 276 valence electrons. The van der Waals surface area contributed by atoms with E-state index < -0.39 is 66.2 Å². The molecule has 1 amide bonds. The Hall–Kier alpha value is -2.61. The van der Waals surface area contributed by atoms with Crippen LogP contribution in [0.25, 0.3) is 0 Å². The van der Waals surface area contributed by atoms with Crippen LogP contribution in [0.2, 0.25) is 0 Å². The molecule has 0 spiro atoms. The van der Waals surface area contributed by atoms with Gasteiger partial charge < -0.3 is 44.3 Å². The van der Waals surface area contributed by atoms with E-state index in [1.165, 1.54) is 5.56 Å². The Morgan fingerprint density at radius 1 is 1.08 bits per heavy atom. The number of aliphatic hydroxyl groups excluding tert-OH is 1. The highest BCUT2D eigenvalue weighted by Gasteiger charge is 2.55. The number of cyclic esters (lactones) is 1. The highest BCUT2D eigenvalue weighted by Crippen LogP contribution is 2.37. The third-order valence-electron chi connectivity index (χ3n) is 10.9. The molecule has 3 heterocycles. The van der Waals surface area contributed by atoms with E-state index in [2.05, 4.69) is 29.7 Å². The number of hydrogen-bond acceptors (Lipinski definition) is 11. The first-order chi connectivity index (χ1) is 23.1. The lowest BCUT2D eigenvalue weighted by molar-refractivity contribution is -0.298. The van der Waals surface area contributed by atoms with Gasteiger partial charge in [-0.3, -0.25) is 9.59 Å². The average Bonchev–Trinajstić information content (AvgIpc) is 3.38. The molecule has 3 N–H and O–H groups in total. The predicted octanol–water partition coefficient (Wildman–Crippen LogP) is 3.62. The molecule has 1 unspecified atom stereocenters. The summed E-state index contributed by atoms with van der Waals surface area (Å²) in [6.45, 7) is 11.8. The number of carbonyl (C=O) groups excluding carboxylic acids is 3. The van der Waals surface area contributed by atoms with Crippen LogP contribution in [0.3, 0.4) is 0 Å². The first kappa shape index (κ1) is 39.2. The van der Waals surface area contributed by atoms with Crippen molar-refractivity contribution in [1.82, 2.24) is 15.5 Å². The van der Waals surface area contributed by atoms with E-state index in [1.54, 1.807) is 21.0 Å². The standard InChI is InChI=1S/C37H59N3O9/c1-10-29-37(6)32(39-35(44)49-37)24(4)38-21-22(2)20-36(5,45-9)33(23(3)28(41)19-30(42)47-29)48-34-31(43)27(40(7)8)18-26(46-34)17-16-25-14-12-11-13-15-25/h11-15,22-24,26-27,29,31-34,38,43H,10,16-21H2,1-9H3,(H,39,44)/t22-,23+,24-,26-,27?,29-,31-,32-,33-,34+,36-,37-/m1/s1. The number of nitrogens with one attached hydrogen (secondary N) is 2. The molecule has 4 rings (SSSR count). The highest BCUT2D eigenvalue weighted by molar-refractivity contribution is 5.97. The molecule has 12 atom stereocenters. The maximum atomic E-state index is 13.9. The molecule has 49 heavy (non-hydrogen) atoms. The van der Waals surface area contributed by atoms with Gasteiger partial charge in [0.1, 0.15) is 24.4 Å². The number of ketones is 1. The van der Waals surface area contributed by atoms with Crippen molar-refractivity contribution >= 4 is 17.8 Å². The Balaban J connectivity index is 1.63. The Morgan fingerprint density at radius 3 is 2.41 bits per heavy atom. The Bertz CT molecular complexity index is 1270. The lowest BCUT2D eigenvalue weighted by Crippen LogP contribution is -2.60. The van der Waals surface area contributed by atoms with Gasteiger partial charge in [0.05, 0.1) is 23.9 Å². The number of methoxy groups -OCH3 is 1. The summed E-state index contributed by atoms with van der Waals surface area (Å²) in [5, 5.41) is 18.0. The summed E-state index contributed by atoms with van der Waals surface area (Å²) < 4.78 is 31.0. The van der Waals surface area contributed by atoms with Crippen molar-refractivity contribution in [3.63, 3.8) is 0 Å². The van der Waals surface area contributed by atoms with E-state index in [4.69, 9.17) is 23.7 Å². The van der Waals surface area contributed by atoms with Crippen LogP contribution in [0.1, 0.15) is 79.2 Å². The molecule has 12 heteroatoms. The summed E-state index contributed by atoms with van der Waals surface area (Å²) >= 11 is 0. The molecule has 3 aliphatic heterocycles. The minimum Gasteiger partial charge on any atom is -0.458 e. The number of alkyl carbamates (subject to hydrolysis) is 1. The molecule has 1 aromatic carbocycles. The Morgan fingerprint density at radius 2 is 1.78 bits per heavy atom. The van der Waals surface area contributed by atoms with Gasteiger partial charge in [-0.05, 0) is 85.0 Å². The minimum atomic E-state index is -1.15. The van der Waals surface area contributed by atoms with Crippen molar-refractivity contribution < 1.29 is 43.2 Å². The number of ether oxygens (including phenoxy) is 5. The van der Waals surface area contributed by atoms with Gasteiger partial charge in [-0.1, -0.05) is 51.1 Å². The quantitative estimate of drug-likeness (QED) is 0.272. The number of esters is 1. The van der Waals surface area contributed by atoms with Gasteiger partial charge in [0.2, 0.25) is 0 Å². The first-order valence-electron chi connectivity index (χ1n) is 17.8. The van der Waals surface area contributed by atoms with Crippen LogP contribution in [0.15, 0.2) is 30.3 Å². The summed E-state index contributed by atoms with van der Waals surface area (Å²) in [6, 6.07) is 9.23. The fourth-order valence-electron chi connectivity index (χ4n) is 7.95. The van der Waals surface area contributed by atoms with Gasteiger partial charge >= 0.3 is 12.1 Å². The molecular weight excluding hydrogens is 630 g/mol. The maximum absolute atomic E-state index is 13.9. The zero-order valence-electron chi connectivity index (χ0n) is 30.8. The summed E-state index contributed by atoms with van der Waals surface area (Å²) in [6.07, 6.45) is -1.94. The molecule has 3 saturated heterocycles. The normalized spacial score (nSPS) is 39.7. The van der Waals surface area contributed by atoms with Gasteiger partial charge in [0.25, 0.3) is 0 Å². The molecule has 0 aromatic heterocycles. The topological polar surface area (TPSA) is 145 Å². The number of amides is 1. The van der Waals surface area contributed by atoms with E-state index in [0.29, 0.717) is 25.8 Å². The average molecular weight is 690 g/mol. The fraction of sp³-hybridized carbons (Fsp3) is 0.757. The molecule has 0 bridgehead atoms. The van der Waals surface area contributed by atoms with Gasteiger partial charge in [-0.25, -0.2) is 4.79 Å². The van der Waals surface area contributed by atoms with Crippen LogP contribution in [0.5, 0.6) is 0 Å². The Labute approximate surface area is 291 Å². The maximum Gasteiger partial charge on any atom is 0.408 e. The van der Waals surface area contributed by atoms with E-state index in [-0.39, 0.29) is 29.9 Å². The van der Waals surface area contributed by atoms with Crippen molar-refractivity contribution in [3.05, 3.63) is 35.9 Å². The van der Waals surface area contributed by atoms with Crippen molar-refractivity contribution in [3.8, 4) is 0 Å². The van der Waals surface area contributed by atoms with Crippen LogP contribution in [-0.2, 0) is 39.7 Å². The van der Waals surface area contributed by atoms with Crippen LogP contribution in [-0.4, -0.2) is 116 Å². The van der Waals surface area contributed by atoms with Crippen molar-refractivity contribution in [1.29, 1.82) is 0 Å². The predicted molar refractivity (Wildman–Crippen MR) is 184 cm³/mol. The summed E-state index contributed by atoms with van der Waals surface area (Å²) in [7, 11) is 5.44. The first-order valence-corrected chi connectivity index (χ1v) is 17.8. The largest absolute Gasteiger partial charge is 0.458 e. The Kier molecular flexibility index (Phi) is 13.3. The number of rotatable bonds is 8. The second-order valence-electron chi connectivity index (χ2n) is 15.0. The monoisotopic (exact) mass is 689 g/mol. The van der Waals surface area contributed by atoms with Crippen LogP contribution >= 0.6 is 0 Å². The molecule has 1 aromatic rings. The lowest BCUT2D eigenvalue weighted by Gasteiger charge is -2.47. The molecule has 3 fully saturated rings. The number of aliphatic hydroxyl groups is 1. The van der Waals surface area contributed by atoms with Crippen LogP contribution in [0, 0.1) is 11.8 Å². The number of fused-ring (bicyclic) bond motifs is 1. The van der Waals surface area contributed by atoms with E-state index >= 15 is 0 Å². The zero-order valence-corrected chi connectivity index (χ0v) is 30.8. The molecule has 0 saturated carbocycles. The molecule has 12 nitrogen and oxygen atoms in total. The lowest BCUT2D eigenvalue weighted by atomic mass is 9.80. The van der Waals surface area contributed by atoms with Crippen molar-refractivity contribution in [2.45, 2.75) is 140 Å². The zero-order chi connectivity index (χ0) is 36.1. The van der Waals surface area contributed by atoms with Crippen molar-refractivity contribution in [2.75, 3.05) is 27.7 Å².